The van der Waals surface area contributed by atoms with E-state index in [1.54, 1.807) is 36.0 Å². The predicted octanol–water partition coefficient (Wildman–Crippen LogP) is 2.99. The number of hydrazine groups is 2. The van der Waals surface area contributed by atoms with Gasteiger partial charge in [0.15, 0.2) is 0 Å². The molecule has 41 heavy (non-hydrogen) atoms. The molecule has 2 aromatic rings. The van der Waals surface area contributed by atoms with Crippen LogP contribution in [0.15, 0.2) is 54.4 Å². The molecule has 3 atom stereocenters. The molecule has 2 aromatic carbocycles. The number of esters is 1. The van der Waals surface area contributed by atoms with Crippen LogP contribution in [-0.2, 0) is 14.3 Å². The number of hydrogen-bond donors (Lipinski definition) is 4. The maximum absolute atomic E-state index is 14.3. The first-order valence-corrected chi connectivity index (χ1v) is 14.6. The molecule has 2 aliphatic heterocycles. The molecule has 220 valence electrons. The number of amides is 2. The fourth-order valence-electron chi connectivity index (χ4n) is 6.41. The molecule has 0 bridgehead atoms. The van der Waals surface area contributed by atoms with Crippen LogP contribution in [-0.4, -0.2) is 70.2 Å². The van der Waals surface area contributed by atoms with Crippen LogP contribution in [0.3, 0.4) is 0 Å². The van der Waals surface area contributed by atoms with Crippen molar-refractivity contribution in [1.29, 1.82) is 0 Å². The minimum absolute atomic E-state index is 0.230. The van der Waals surface area contributed by atoms with Crippen molar-refractivity contribution in [3.05, 3.63) is 59.9 Å². The molecule has 5 rings (SSSR count). The molecule has 1 saturated heterocycles. The lowest BCUT2D eigenvalue weighted by Crippen LogP contribution is -2.53. The van der Waals surface area contributed by atoms with Gasteiger partial charge in [0, 0.05) is 24.7 Å². The van der Waals surface area contributed by atoms with E-state index in [1.807, 2.05) is 36.4 Å². The van der Waals surface area contributed by atoms with Crippen LogP contribution in [0.5, 0.6) is 0 Å². The second-order valence-electron chi connectivity index (χ2n) is 12.0. The summed E-state index contributed by atoms with van der Waals surface area (Å²) in [6, 6.07) is 11.5. The van der Waals surface area contributed by atoms with Crippen molar-refractivity contribution in [1.82, 2.24) is 26.2 Å². The summed E-state index contributed by atoms with van der Waals surface area (Å²) < 4.78 is 5.10. The Labute approximate surface area is 241 Å². The molecule has 4 N–H and O–H groups in total. The van der Waals surface area contributed by atoms with E-state index in [0.717, 1.165) is 36.5 Å². The van der Waals surface area contributed by atoms with Crippen LogP contribution < -0.4 is 16.3 Å². The third-order valence-corrected chi connectivity index (χ3v) is 8.59. The molecular weight excluding hydrogens is 522 g/mol. The summed E-state index contributed by atoms with van der Waals surface area (Å²) in [5.41, 5.74) is 5.89. The minimum atomic E-state index is -1.15. The smallest absolute Gasteiger partial charge is 0.328 e. The highest BCUT2D eigenvalue weighted by Gasteiger charge is 2.47. The van der Waals surface area contributed by atoms with Crippen molar-refractivity contribution in [2.45, 2.75) is 82.5 Å². The fraction of sp³-hybridized carbons (Fsp3) is 0.516. The van der Waals surface area contributed by atoms with E-state index in [9.17, 15) is 19.5 Å². The number of likely N-dealkylation sites (tertiary alicyclic amines) is 1. The molecule has 3 aliphatic rings. The monoisotopic (exact) mass is 563 g/mol. The van der Waals surface area contributed by atoms with Crippen molar-refractivity contribution in [3.8, 4) is 0 Å². The Kier molecular flexibility index (Phi) is 8.51. The third-order valence-electron chi connectivity index (χ3n) is 8.59. The largest absolute Gasteiger partial charge is 0.467 e. The van der Waals surface area contributed by atoms with Crippen molar-refractivity contribution in [2.75, 3.05) is 13.7 Å². The SMILES string of the molecule is COC(=O)[C@@H]1C[C@H](N2NNC=C2C(C)(C)O)CN1C(=O)[C@@H](CC1CCCCC1)NC(=O)c1ccc2ccccc2c1. The highest BCUT2D eigenvalue weighted by atomic mass is 16.5. The van der Waals surface area contributed by atoms with Crippen LogP contribution in [0.2, 0.25) is 0 Å². The summed E-state index contributed by atoms with van der Waals surface area (Å²) in [6.45, 7) is 3.59. The molecular formula is C31H41N5O5. The predicted molar refractivity (Wildman–Crippen MR) is 155 cm³/mol. The summed E-state index contributed by atoms with van der Waals surface area (Å²) in [5.74, 6) is -0.783. The van der Waals surface area contributed by atoms with Gasteiger partial charge in [-0.1, -0.05) is 62.4 Å². The van der Waals surface area contributed by atoms with Gasteiger partial charge >= 0.3 is 5.97 Å². The highest BCUT2D eigenvalue weighted by molar-refractivity contribution is 6.01. The zero-order valence-corrected chi connectivity index (χ0v) is 24.1. The number of carbonyl (C=O) groups is 3. The number of methoxy groups -OCH3 is 1. The maximum atomic E-state index is 14.3. The van der Waals surface area contributed by atoms with Gasteiger partial charge in [0.1, 0.15) is 17.7 Å². The number of fused-ring (bicyclic) bond motifs is 1. The third kappa shape index (κ3) is 6.33. The van der Waals surface area contributed by atoms with Crippen LogP contribution in [0.1, 0.15) is 69.2 Å². The normalized spacial score (nSPS) is 22.3. The second-order valence-corrected chi connectivity index (χ2v) is 12.0. The number of rotatable bonds is 8. The average molecular weight is 564 g/mol. The quantitative estimate of drug-likeness (QED) is 0.362. The maximum Gasteiger partial charge on any atom is 0.328 e. The summed E-state index contributed by atoms with van der Waals surface area (Å²) in [5, 5.41) is 17.5. The number of aliphatic hydroxyl groups is 1. The average Bonchev–Trinajstić information content (AvgIpc) is 3.64. The van der Waals surface area contributed by atoms with Crippen LogP contribution >= 0.6 is 0 Å². The lowest BCUT2D eigenvalue weighted by atomic mass is 9.84. The van der Waals surface area contributed by atoms with Gasteiger partial charge in [-0.25, -0.2) is 4.79 Å². The Balaban J connectivity index is 1.40. The summed E-state index contributed by atoms with van der Waals surface area (Å²) in [7, 11) is 1.32. The Morgan fingerprint density at radius 1 is 1.10 bits per heavy atom. The molecule has 10 heteroatoms. The van der Waals surface area contributed by atoms with E-state index >= 15 is 0 Å². The molecule has 2 fully saturated rings. The van der Waals surface area contributed by atoms with E-state index in [-0.39, 0.29) is 24.4 Å². The Hall–Kier alpha value is -3.63. The first-order valence-electron chi connectivity index (χ1n) is 14.6. The standard InChI is InChI=1S/C31H41N5O5/c1-31(2,40)27-18-32-34-36(27)24-17-26(30(39)41-3)35(19-24)29(38)25(15-20-9-5-4-6-10-20)33-28(37)23-14-13-21-11-7-8-12-22(21)16-23/h7-8,11-14,16,18,20,24-26,32,34,40H,4-6,9-10,15,17,19H2,1-3H3,(H,33,37)/t24-,25+,26-/m0/s1. The first kappa shape index (κ1) is 28.9. The van der Waals surface area contributed by atoms with Gasteiger partial charge in [0.05, 0.1) is 18.8 Å². The topological polar surface area (TPSA) is 123 Å². The molecule has 2 heterocycles. The van der Waals surface area contributed by atoms with Crippen LogP contribution in [0.25, 0.3) is 10.8 Å². The number of nitrogens with one attached hydrogen (secondary N) is 3. The van der Waals surface area contributed by atoms with E-state index in [2.05, 4.69) is 16.3 Å². The molecule has 0 radical (unpaired) electrons. The van der Waals surface area contributed by atoms with Gasteiger partial charge in [-0.3, -0.25) is 14.6 Å². The van der Waals surface area contributed by atoms with Gasteiger partial charge in [-0.2, -0.15) is 0 Å². The summed E-state index contributed by atoms with van der Waals surface area (Å²) in [6.07, 6.45) is 7.95. The van der Waals surface area contributed by atoms with Gasteiger partial charge in [-0.05, 0) is 49.1 Å². The Morgan fingerprint density at radius 3 is 2.54 bits per heavy atom. The fourth-order valence-corrected chi connectivity index (χ4v) is 6.41. The van der Waals surface area contributed by atoms with Gasteiger partial charge < -0.3 is 25.5 Å². The van der Waals surface area contributed by atoms with Gasteiger partial charge in [0.25, 0.3) is 5.91 Å². The van der Waals surface area contributed by atoms with E-state index in [0.29, 0.717) is 30.0 Å². The second kappa shape index (κ2) is 12.1. The van der Waals surface area contributed by atoms with Crippen LogP contribution in [0.4, 0.5) is 0 Å². The van der Waals surface area contributed by atoms with Crippen molar-refractivity contribution >= 4 is 28.6 Å². The molecule has 2 amide bonds. The van der Waals surface area contributed by atoms with Crippen molar-refractivity contribution in [2.24, 2.45) is 5.92 Å². The molecule has 0 spiro atoms. The van der Waals surface area contributed by atoms with E-state index in [4.69, 9.17) is 4.74 Å². The number of hydrogen-bond acceptors (Lipinski definition) is 8. The van der Waals surface area contributed by atoms with Crippen LogP contribution in [0, 0.1) is 5.92 Å². The zero-order chi connectivity index (χ0) is 29.1. The lowest BCUT2D eigenvalue weighted by molar-refractivity contribution is -0.151. The van der Waals surface area contributed by atoms with E-state index in [1.165, 1.54) is 13.5 Å². The number of carbonyl (C=O) groups excluding carboxylic acids is 3. The molecule has 1 aliphatic carbocycles. The Bertz CT molecular complexity index is 1320. The van der Waals surface area contributed by atoms with Crippen molar-refractivity contribution in [3.63, 3.8) is 0 Å². The summed E-state index contributed by atoms with van der Waals surface area (Å²) in [4.78, 5) is 42.3. The molecule has 1 saturated carbocycles. The zero-order valence-electron chi connectivity index (χ0n) is 24.1. The molecule has 10 nitrogen and oxygen atoms in total. The van der Waals surface area contributed by atoms with Gasteiger partial charge in [-0.15, -0.1) is 5.53 Å². The minimum Gasteiger partial charge on any atom is -0.467 e. The highest BCUT2D eigenvalue weighted by Crippen LogP contribution is 2.32. The first-order chi connectivity index (χ1) is 19.7. The number of ether oxygens (including phenoxy) is 1. The van der Waals surface area contributed by atoms with Gasteiger partial charge in [0.2, 0.25) is 5.91 Å². The number of benzene rings is 2. The van der Waals surface area contributed by atoms with E-state index < -0.39 is 23.7 Å². The lowest BCUT2D eigenvalue weighted by Gasteiger charge is -2.33. The van der Waals surface area contributed by atoms with Crippen molar-refractivity contribution < 1.29 is 24.2 Å². The molecule has 0 unspecified atom stereocenters. The molecule has 0 aromatic heterocycles. The summed E-state index contributed by atoms with van der Waals surface area (Å²) >= 11 is 0. The Morgan fingerprint density at radius 2 is 1.83 bits per heavy atom. The number of nitrogens with zero attached hydrogens (tertiary/aromatic N) is 2.